The molecule has 0 radical (unpaired) electrons. The molecule has 7 heteroatoms. The van der Waals surface area contributed by atoms with E-state index in [0.717, 1.165) is 6.07 Å². The Morgan fingerprint density at radius 2 is 1.95 bits per heavy atom. The van der Waals surface area contributed by atoms with Crippen molar-refractivity contribution in [1.82, 2.24) is 4.90 Å². The maximum atomic E-state index is 13.0. The third-order valence-corrected chi connectivity index (χ3v) is 3.29. The highest BCUT2D eigenvalue weighted by atomic mass is 19.4. The number of hydrogen-bond acceptors (Lipinski definition) is 3. The highest BCUT2D eigenvalue weighted by Crippen LogP contribution is 2.45. The number of rotatable bonds is 4. The molecule has 0 aromatic heterocycles. The molecule has 22 heavy (non-hydrogen) atoms. The van der Waals surface area contributed by atoms with Crippen molar-refractivity contribution < 1.29 is 27.4 Å². The van der Waals surface area contributed by atoms with Crippen molar-refractivity contribution in [2.45, 2.75) is 20.0 Å². The average molecular weight is 315 g/mol. The molecule has 120 valence electrons. The average Bonchev–Trinajstić information content (AvgIpc) is 2.92. The fourth-order valence-corrected chi connectivity index (χ4v) is 2.15. The summed E-state index contributed by atoms with van der Waals surface area (Å²) in [6, 6.07) is 2.36. The molecular weight excluding hydrogens is 299 g/mol. The molecule has 1 heterocycles. The van der Waals surface area contributed by atoms with E-state index < -0.39 is 11.7 Å². The second-order valence-electron chi connectivity index (χ2n) is 4.64. The van der Waals surface area contributed by atoms with Gasteiger partial charge in [0.15, 0.2) is 11.5 Å². The number of halogens is 3. The van der Waals surface area contributed by atoms with Gasteiger partial charge in [0, 0.05) is 19.2 Å². The minimum Gasteiger partial charge on any atom is -0.454 e. The highest BCUT2D eigenvalue weighted by Gasteiger charge is 2.38. The van der Waals surface area contributed by atoms with Crippen LogP contribution in [0.1, 0.15) is 25.0 Å². The van der Waals surface area contributed by atoms with Crippen molar-refractivity contribution in [3.63, 3.8) is 0 Å². The van der Waals surface area contributed by atoms with E-state index >= 15 is 0 Å². The Labute approximate surface area is 126 Å². The lowest BCUT2D eigenvalue weighted by Gasteiger charge is -2.16. The molecule has 0 atom stereocenters. The van der Waals surface area contributed by atoms with Gasteiger partial charge in [-0.1, -0.05) is 0 Å². The summed E-state index contributed by atoms with van der Waals surface area (Å²) < 4.78 is 49.0. The number of likely N-dealkylation sites (N-methyl/N-ethyl adjacent to an activating group) is 1. The fraction of sp³-hybridized carbons (Fsp3) is 0.400. The lowest BCUT2D eigenvalue weighted by molar-refractivity contribution is -0.138. The van der Waals surface area contributed by atoms with E-state index in [2.05, 4.69) is 0 Å². The number of amides is 1. The molecule has 1 aromatic rings. The van der Waals surface area contributed by atoms with Crippen LogP contribution >= 0.6 is 0 Å². The van der Waals surface area contributed by atoms with Crippen LogP contribution < -0.4 is 9.47 Å². The maximum absolute atomic E-state index is 13.0. The van der Waals surface area contributed by atoms with Crippen molar-refractivity contribution >= 4 is 12.0 Å². The molecule has 1 aliphatic heterocycles. The summed E-state index contributed by atoms with van der Waals surface area (Å²) in [4.78, 5) is 13.4. The van der Waals surface area contributed by atoms with E-state index in [0.29, 0.717) is 13.1 Å². The summed E-state index contributed by atoms with van der Waals surface area (Å²) in [5.41, 5.74) is -0.672. The van der Waals surface area contributed by atoms with Gasteiger partial charge in [0.25, 0.3) is 0 Å². The van der Waals surface area contributed by atoms with E-state index in [1.165, 1.54) is 18.2 Å². The number of fused-ring (bicyclic) bond motifs is 1. The zero-order valence-corrected chi connectivity index (χ0v) is 12.2. The first-order chi connectivity index (χ1) is 10.4. The quantitative estimate of drug-likeness (QED) is 0.800. The topological polar surface area (TPSA) is 38.8 Å². The van der Waals surface area contributed by atoms with Gasteiger partial charge >= 0.3 is 6.18 Å². The predicted molar refractivity (Wildman–Crippen MR) is 74.5 cm³/mol. The molecule has 0 saturated heterocycles. The third-order valence-electron chi connectivity index (χ3n) is 3.29. The van der Waals surface area contributed by atoms with E-state index in [-0.39, 0.29) is 29.8 Å². The first-order valence-corrected chi connectivity index (χ1v) is 6.84. The van der Waals surface area contributed by atoms with Crippen molar-refractivity contribution in [3.8, 4) is 11.5 Å². The zero-order valence-electron chi connectivity index (χ0n) is 12.2. The second kappa shape index (κ2) is 6.29. The number of carbonyl (C=O) groups is 1. The summed E-state index contributed by atoms with van der Waals surface area (Å²) in [6.45, 7) is 4.49. The minimum atomic E-state index is -4.55. The molecule has 1 amide bonds. The Morgan fingerprint density at radius 1 is 1.27 bits per heavy atom. The summed E-state index contributed by atoms with van der Waals surface area (Å²) in [6.07, 6.45) is -1.95. The Kier molecular flexibility index (Phi) is 4.63. The van der Waals surface area contributed by atoms with Gasteiger partial charge in [0.1, 0.15) is 5.56 Å². The van der Waals surface area contributed by atoms with Gasteiger partial charge in [-0.25, -0.2) is 0 Å². The standard InChI is InChI=1S/C15H16F3NO3/c1-3-19(4-2)13(20)6-5-10-7-11(15(16,17)18)14-12(8-10)21-9-22-14/h5-8H,3-4,9H2,1-2H3/b6-5+. The Morgan fingerprint density at radius 3 is 2.55 bits per heavy atom. The van der Waals surface area contributed by atoms with Crippen LogP contribution in [0, 0.1) is 0 Å². The van der Waals surface area contributed by atoms with Crippen LogP contribution in [0.4, 0.5) is 13.2 Å². The Bertz CT molecular complexity index is 592. The van der Waals surface area contributed by atoms with Gasteiger partial charge < -0.3 is 14.4 Å². The van der Waals surface area contributed by atoms with E-state index in [4.69, 9.17) is 9.47 Å². The third kappa shape index (κ3) is 3.35. The lowest BCUT2D eigenvalue weighted by Crippen LogP contribution is -2.28. The number of nitrogens with zero attached hydrogens (tertiary/aromatic N) is 1. The van der Waals surface area contributed by atoms with Crippen LogP contribution in [0.5, 0.6) is 11.5 Å². The lowest BCUT2D eigenvalue weighted by atomic mass is 10.1. The number of benzene rings is 1. The molecule has 1 aliphatic rings. The van der Waals surface area contributed by atoms with Gasteiger partial charge in [0.05, 0.1) is 0 Å². The smallest absolute Gasteiger partial charge is 0.420 e. The molecule has 0 unspecified atom stereocenters. The van der Waals surface area contributed by atoms with Crippen LogP contribution in [0.3, 0.4) is 0 Å². The van der Waals surface area contributed by atoms with Crippen LogP contribution in [-0.4, -0.2) is 30.7 Å². The summed E-state index contributed by atoms with van der Waals surface area (Å²) in [5.74, 6) is -0.527. The van der Waals surface area contributed by atoms with Gasteiger partial charge in [-0.3, -0.25) is 4.79 Å². The van der Waals surface area contributed by atoms with Crippen LogP contribution in [-0.2, 0) is 11.0 Å². The molecule has 0 bridgehead atoms. The second-order valence-corrected chi connectivity index (χ2v) is 4.64. The Balaban J connectivity index is 2.31. The van der Waals surface area contributed by atoms with Crippen LogP contribution in [0.25, 0.3) is 6.08 Å². The molecule has 4 nitrogen and oxygen atoms in total. The van der Waals surface area contributed by atoms with Gasteiger partial charge in [-0.15, -0.1) is 0 Å². The van der Waals surface area contributed by atoms with E-state index in [9.17, 15) is 18.0 Å². The monoisotopic (exact) mass is 315 g/mol. The van der Waals surface area contributed by atoms with Crippen molar-refractivity contribution in [2.75, 3.05) is 19.9 Å². The summed E-state index contributed by atoms with van der Waals surface area (Å²) in [7, 11) is 0. The predicted octanol–water partition coefficient (Wildman–Crippen LogP) is 3.32. The van der Waals surface area contributed by atoms with Crippen LogP contribution in [0.2, 0.25) is 0 Å². The minimum absolute atomic E-state index is 0.0322. The van der Waals surface area contributed by atoms with Gasteiger partial charge in [-0.05, 0) is 37.6 Å². The molecule has 1 aromatic carbocycles. The summed E-state index contributed by atoms with van der Waals surface area (Å²) >= 11 is 0. The van der Waals surface area contributed by atoms with Gasteiger partial charge in [-0.2, -0.15) is 13.2 Å². The van der Waals surface area contributed by atoms with Crippen LogP contribution in [0.15, 0.2) is 18.2 Å². The van der Waals surface area contributed by atoms with Crippen molar-refractivity contribution in [1.29, 1.82) is 0 Å². The molecule has 2 rings (SSSR count). The molecule has 0 spiro atoms. The van der Waals surface area contributed by atoms with E-state index in [1.807, 2.05) is 13.8 Å². The molecule has 0 saturated carbocycles. The molecule has 0 fully saturated rings. The number of ether oxygens (including phenoxy) is 2. The molecule has 0 N–H and O–H groups in total. The SMILES string of the molecule is CCN(CC)C(=O)/C=C/c1cc2c(c(C(F)(F)F)c1)OCO2. The number of alkyl halides is 3. The Hall–Kier alpha value is -2.18. The first kappa shape index (κ1) is 16.2. The summed E-state index contributed by atoms with van der Waals surface area (Å²) in [5, 5.41) is 0. The number of hydrogen-bond donors (Lipinski definition) is 0. The highest BCUT2D eigenvalue weighted by molar-refractivity contribution is 5.91. The van der Waals surface area contributed by atoms with Crippen molar-refractivity contribution in [3.05, 3.63) is 29.3 Å². The number of carbonyl (C=O) groups excluding carboxylic acids is 1. The largest absolute Gasteiger partial charge is 0.454 e. The molecule has 0 aliphatic carbocycles. The van der Waals surface area contributed by atoms with E-state index in [1.54, 1.807) is 4.90 Å². The van der Waals surface area contributed by atoms with Gasteiger partial charge in [0.2, 0.25) is 12.7 Å². The molecular formula is C15H16F3NO3. The van der Waals surface area contributed by atoms with Crippen molar-refractivity contribution in [2.24, 2.45) is 0 Å². The normalized spacial score (nSPS) is 13.7. The first-order valence-electron chi connectivity index (χ1n) is 6.84. The maximum Gasteiger partial charge on any atom is 0.420 e. The zero-order chi connectivity index (χ0) is 16.3. The fourth-order valence-electron chi connectivity index (χ4n) is 2.15.